The molecule has 0 fully saturated rings. The number of hydrogen-bond donors (Lipinski definition) is 1. The second-order valence-electron chi connectivity index (χ2n) is 4.98. The minimum atomic E-state index is -0.954. The molecule has 0 amide bonds. The van der Waals surface area contributed by atoms with Crippen LogP contribution in [0.2, 0.25) is 0 Å². The van der Waals surface area contributed by atoms with Gasteiger partial charge in [-0.3, -0.25) is 0 Å². The van der Waals surface area contributed by atoms with E-state index >= 15 is 0 Å². The zero-order valence-electron chi connectivity index (χ0n) is 12.7. The summed E-state index contributed by atoms with van der Waals surface area (Å²) in [6.07, 6.45) is 0. The number of para-hydroxylation sites is 1. The predicted octanol–water partition coefficient (Wildman–Crippen LogP) is 3.98. The molecule has 2 aromatic carbocycles. The number of nitrogens with zero attached hydrogens (tertiary/aromatic N) is 1. The largest absolute Gasteiger partial charge is 0.492 e. The molecule has 0 saturated heterocycles. The molecule has 0 radical (unpaired) electrons. The van der Waals surface area contributed by atoms with Crippen molar-refractivity contribution < 1.29 is 14.6 Å². The van der Waals surface area contributed by atoms with Crippen molar-refractivity contribution in [2.75, 3.05) is 6.61 Å². The van der Waals surface area contributed by atoms with Crippen LogP contribution >= 0.6 is 0 Å². The molecule has 0 aliphatic carbocycles. The summed E-state index contributed by atoms with van der Waals surface area (Å²) < 4.78 is 5.38. The first-order valence-electron chi connectivity index (χ1n) is 6.95. The van der Waals surface area contributed by atoms with Crippen molar-refractivity contribution >= 4 is 5.97 Å². The number of carboxylic acids is 1. The Morgan fingerprint density at radius 2 is 1.73 bits per heavy atom. The average molecular weight is 297 g/mol. The number of hydrogen-bond acceptors (Lipinski definition) is 3. The summed E-state index contributed by atoms with van der Waals surface area (Å²) in [4.78, 5) is 10.8. The first-order valence-corrected chi connectivity index (χ1v) is 6.95. The first kappa shape index (κ1) is 17.3. The summed E-state index contributed by atoms with van der Waals surface area (Å²) >= 11 is 0. The third-order valence-electron chi connectivity index (χ3n) is 2.59. The van der Waals surface area contributed by atoms with Crippen molar-refractivity contribution in [1.29, 1.82) is 5.26 Å². The highest BCUT2D eigenvalue weighted by Crippen LogP contribution is 2.18. The van der Waals surface area contributed by atoms with Gasteiger partial charge in [-0.15, -0.1) is 0 Å². The van der Waals surface area contributed by atoms with Crippen LogP contribution in [0.3, 0.4) is 0 Å². The van der Waals surface area contributed by atoms with Gasteiger partial charge in [0, 0.05) is 0 Å². The molecule has 0 spiro atoms. The first-order chi connectivity index (χ1) is 10.5. The highest BCUT2D eigenvalue weighted by molar-refractivity contribution is 5.90. The van der Waals surface area contributed by atoms with Gasteiger partial charge >= 0.3 is 5.97 Å². The Balaban J connectivity index is 0.000000255. The lowest BCUT2D eigenvalue weighted by Gasteiger charge is -2.10. The lowest BCUT2D eigenvalue weighted by Crippen LogP contribution is -2.08. The molecule has 0 atom stereocenters. The van der Waals surface area contributed by atoms with Gasteiger partial charge in [-0.2, -0.15) is 5.26 Å². The molecule has 0 aliphatic rings. The standard InChI is InChI=1S/C11H14O3.C7H5N/c1-8(2)7-14-10-6-4-3-5-9(10)11(12)13;8-6-7-4-2-1-3-5-7/h3-6,8H,7H2,1-2H3,(H,12,13);1-5H. The molecule has 0 aliphatic heterocycles. The van der Waals surface area contributed by atoms with Crippen LogP contribution in [0.5, 0.6) is 5.75 Å². The maximum atomic E-state index is 10.8. The number of aromatic carboxylic acids is 1. The summed E-state index contributed by atoms with van der Waals surface area (Å²) in [6.45, 7) is 4.57. The van der Waals surface area contributed by atoms with Gasteiger partial charge in [0.1, 0.15) is 11.3 Å². The number of ether oxygens (including phenoxy) is 1. The normalized spacial score (nSPS) is 9.36. The molecule has 114 valence electrons. The van der Waals surface area contributed by atoms with E-state index in [1.807, 2.05) is 38.1 Å². The fourth-order valence-electron chi connectivity index (χ4n) is 1.54. The third-order valence-corrected chi connectivity index (χ3v) is 2.59. The van der Waals surface area contributed by atoms with Crippen LogP contribution in [-0.2, 0) is 0 Å². The van der Waals surface area contributed by atoms with Crippen molar-refractivity contribution in [3.63, 3.8) is 0 Å². The molecule has 2 aromatic rings. The molecule has 4 nitrogen and oxygen atoms in total. The van der Waals surface area contributed by atoms with E-state index in [-0.39, 0.29) is 5.56 Å². The Morgan fingerprint density at radius 1 is 1.14 bits per heavy atom. The maximum Gasteiger partial charge on any atom is 0.339 e. The molecule has 0 aromatic heterocycles. The van der Waals surface area contributed by atoms with Crippen LogP contribution in [0.25, 0.3) is 0 Å². The number of carboxylic acid groups (broad SMARTS) is 1. The summed E-state index contributed by atoms with van der Waals surface area (Å²) in [7, 11) is 0. The van der Waals surface area contributed by atoms with Crippen LogP contribution in [0, 0.1) is 17.2 Å². The van der Waals surface area contributed by atoms with Crippen LogP contribution in [0.1, 0.15) is 29.8 Å². The summed E-state index contributed by atoms with van der Waals surface area (Å²) in [5, 5.41) is 17.1. The summed E-state index contributed by atoms with van der Waals surface area (Å²) in [6, 6.07) is 17.8. The van der Waals surface area contributed by atoms with Gasteiger partial charge in [-0.25, -0.2) is 4.79 Å². The third kappa shape index (κ3) is 6.10. The highest BCUT2D eigenvalue weighted by Gasteiger charge is 2.09. The second-order valence-corrected chi connectivity index (χ2v) is 4.98. The van der Waals surface area contributed by atoms with Gasteiger partial charge in [0.15, 0.2) is 0 Å². The van der Waals surface area contributed by atoms with E-state index in [4.69, 9.17) is 15.1 Å². The number of rotatable bonds is 4. The van der Waals surface area contributed by atoms with Gasteiger partial charge in [-0.1, -0.05) is 44.2 Å². The van der Waals surface area contributed by atoms with E-state index in [0.29, 0.717) is 23.8 Å². The fourth-order valence-corrected chi connectivity index (χ4v) is 1.54. The van der Waals surface area contributed by atoms with E-state index in [9.17, 15) is 4.79 Å². The fraction of sp³-hybridized carbons (Fsp3) is 0.222. The Hall–Kier alpha value is -2.80. The zero-order chi connectivity index (χ0) is 16.4. The SMILES string of the molecule is CC(C)COc1ccccc1C(=O)O.N#Cc1ccccc1. The predicted molar refractivity (Wildman–Crippen MR) is 84.9 cm³/mol. The number of benzene rings is 2. The molecule has 1 N–H and O–H groups in total. The van der Waals surface area contributed by atoms with E-state index < -0.39 is 5.97 Å². The summed E-state index contributed by atoms with van der Waals surface area (Å²) in [5.41, 5.74) is 0.931. The molecular formula is C18H19NO3. The van der Waals surface area contributed by atoms with Crippen LogP contribution in [0.15, 0.2) is 54.6 Å². The molecule has 4 heteroatoms. The van der Waals surface area contributed by atoms with Gasteiger partial charge in [0.2, 0.25) is 0 Å². The number of nitriles is 1. The van der Waals surface area contributed by atoms with Crippen molar-refractivity contribution in [2.45, 2.75) is 13.8 Å². The minimum absolute atomic E-state index is 0.216. The molecule has 2 rings (SSSR count). The van der Waals surface area contributed by atoms with E-state index in [2.05, 4.69) is 0 Å². The Labute approximate surface area is 130 Å². The van der Waals surface area contributed by atoms with Crippen LogP contribution in [0.4, 0.5) is 0 Å². The zero-order valence-corrected chi connectivity index (χ0v) is 12.7. The molecule has 0 unspecified atom stereocenters. The topological polar surface area (TPSA) is 70.3 Å². The second kappa shape index (κ2) is 9.19. The van der Waals surface area contributed by atoms with Gasteiger partial charge < -0.3 is 9.84 Å². The molecule has 0 saturated carbocycles. The van der Waals surface area contributed by atoms with Gasteiger partial charge in [0.05, 0.1) is 18.2 Å². The van der Waals surface area contributed by atoms with Gasteiger partial charge in [0.25, 0.3) is 0 Å². The number of carbonyl (C=O) groups is 1. The van der Waals surface area contributed by atoms with E-state index in [1.165, 1.54) is 6.07 Å². The van der Waals surface area contributed by atoms with Crippen molar-refractivity contribution in [1.82, 2.24) is 0 Å². The molecule has 0 bridgehead atoms. The van der Waals surface area contributed by atoms with Crippen LogP contribution in [-0.4, -0.2) is 17.7 Å². The molecule has 22 heavy (non-hydrogen) atoms. The summed E-state index contributed by atoms with van der Waals surface area (Å²) in [5.74, 6) is -0.130. The van der Waals surface area contributed by atoms with Crippen molar-refractivity contribution in [3.8, 4) is 11.8 Å². The van der Waals surface area contributed by atoms with Gasteiger partial charge in [-0.05, 0) is 30.2 Å². The highest BCUT2D eigenvalue weighted by atomic mass is 16.5. The monoisotopic (exact) mass is 297 g/mol. The van der Waals surface area contributed by atoms with Crippen molar-refractivity contribution in [3.05, 3.63) is 65.7 Å². The van der Waals surface area contributed by atoms with Crippen LogP contribution < -0.4 is 4.74 Å². The molecular weight excluding hydrogens is 278 g/mol. The average Bonchev–Trinajstić information content (AvgIpc) is 2.54. The quantitative estimate of drug-likeness (QED) is 0.926. The lowest BCUT2D eigenvalue weighted by atomic mass is 10.2. The Kier molecular flexibility index (Phi) is 7.21. The Bertz CT molecular complexity index is 630. The van der Waals surface area contributed by atoms with E-state index in [1.54, 1.807) is 30.3 Å². The molecule has 0 heterocycles. The van der Waals surface area contributed by atoms with Crippen molar-refractivity contribution in [2.24, 2.45) is 5.92 Å². The lowest BCUT2D eigenvalue weighted by molar-refractivity contribution is 0.0691. The minimum Gasteiger partial charge on any atom is -0.492 e. The van der Waals surface area contributed by atoms with E-state index in [0.717, 1.165) is 0 Å². The Morgan fingerprint density at radius 3 is 2.23 bits per heavy atom. The maximum absolute atomic E-state index is 10.8. The smallest absolute Gasteiger partial charge is 0.339 e.